The molecule has 5 heteroatoms. The lowest BCUT2D eigenvalue weighted by Gasteiger charge is -2.23. The Morgan fingerprint density at radius 3 is 2.55 bits per heavy atom. The minimum absolute atomic E-state index is 0.0609. The van der Waals surface area contributed by atoms with Gasteiger partial charge in [-0.3, -0.25) is 4.79 Å². The van der Waals surface area contributed by atoms with Gasteiger partial charge in [-0.25, -0.2) is 9.37 Å². The molecule has 1 aliphatic rings. The molecule has 1 fully saturated rings. The molecule has 0 spiro atoms. The number of carbonyl (C=O) groups is 1. The SMILES string of the molecule is O=C(Nc1ccc(NCc2ccc(F)cc2)cn1)C1CCC1. The maximum absolute atomic E-state index is 12.8. The van der Waals surface area contributed by atoms with Gasteiger partial charge in [-0.05, 0) is 42.7 Å². The van der Waals surface area contributed by atoms with E-state index in [4.69, 9.17) is 0 Å². The van der Waals surface area contributed by atoms with Crippen molar-refractivity contribution in [2.45, 2.75) is 25.8 Å². The predicted octanol–water partition coefficient (Wildman–Crippen LogP) is 3.57. The molecule has 1 saturated carbocycles. The molecule has 0 aliphatic heterocycles. The van der Waals surface area contributed by atoms with Crippen molar-refractivity contribution in [1.29, 1.82) is 0 Å². The average Bonchev–Trinajstić information content (AvgIpc) is 2.46. The molecule has 1 aliphatic carbocycles. The predicted molar refractivity (Wildman–Crippen MR) is 83.9 cm³/mol. The van der Waals surface area contributed by atoms with Crippen LogP contribution >= 0.6 is 0 Å². The van der Waals surface area contributed by atoms with Crippen LogP contribution in [0.1, 0.15) is 24.8 Å². The second-order valence-electron chi connectivity index (χ2n) is 5.53. The number of rotatable bonds is 5. The first kappa shape index (κ1) is 14.5. The monoisotopic (exact) mass is 299 g/mol. The van der Waals surface area contributed by atoms with Gasteiger partial charge in [0, 0.05) is 12.5 Å². The fraction of sp³-hybridized carbons (Fsp3) is 0.294. The van der Waals surface area contributed by atoms with E-state index in [9.17, 15) is 9.18 Å². The van der Waals surface area contributed by atoms with Gasteiger partial charge in [0.15, 0.2) is 0 Å². The number of pyridine rings is 1. The number of anilines is 2. The molecule has 22 heavy (non-hydrogen) atoms. The van der Waals surface area contributed by atoms with Crippen LogP contribution in [0.4, 0.5) is 15.9 Å². The summed E-state index contributed by atoms with van der Waals surface area (Å²) < 4.78 is 12.8. The summed E-state index contributed by atoms with van der Waals surface area (Å²) in [5, 5.41) is 6.04. The summed E-state index contributed by atoms with van der Waals surface area (Å²) in [7, 11) is 0. The lowest BCUT2D eigenvalue weighted by molar-refractivity contribution is -0.122. The average molecular weight is 299 g/mol. The summed E-state index contributed by atoms with van der Waals surface area (Å²) in [6.07, 6.45) is 4.77. The van der Waals surface area contributed by atoms with E-state index in [2.05, 4.69) is 15.6 Å². The highest BCUT2D eigenvalue weighted by Crippen LogP contribution is 2.27. The van der Waals surface area contributed by atoms with E-state index in [0.29, 0.717) is 12.4 Å². The van der Waals surface area contributed by atoms with Crippen LogP contribution in [-0.2, 0) is 11.3 Å². The number of halogens is 1. The summed E-state index contributed by atoms with van der Waals surface area (Å²) in [5.74, 6) is 0.546. The van der Waals surface area contributed by atoms with Gasteiger partial charge in [0.05, 0.1) is 11.9 Å². The Balaban J connectivity index is 1.52. The van der Waals surface area contributed by atoms with E-state index in [-0.39, 0.29) is 17.6 Å². The molecule has 1 amide bonds. The first-order chi connectivity index (χ1) is 10.7. The van der Waals surface area contributed by atoms with E-state index in [1.165, 1.54) is 12.1 Å². The fourth-order valence-corrected chi connectivity index (χ4v) is 2.28. The van der Waals surface area contributed by atoms with Crippen LogP contribution in [0, 0.1) is 11.7 Å². The molecule has 0 saturated heterocycles. The Labute approximate surface area is 128 Å². The van der Waals surface area contributed by atoms with Crippen LogP contribution in [0.5, 0.6) is 0 Å². The molecule has 4 nitrogen and oxygen atoms in total. The Morgan fingerprint density at radius 1 is 1.18 bits per heavy atom. The van der Waals surface area contributed by atoms with Gasteiger partial charge in [0.1, 0.15) is 11.6 Å². The fourth-order valence-electron chi connectivity index (χ4n) is 2.28. The highest BCUT2D eigenvalue weighted by Gasteiger charge is 2.25. The Bertz CT molecular complexity index is 636. The summed E-state index contributed by atoms with van der Waals surface area (Å²) in [4.78, 5) is 16.1. The van der Waals surface area contributed by atoms with Crippen LogP contribution in [0.25, 0.3) is 0 Å². The number of hydrogen-bond acceptors (Lipinski definition) is 3. The van der Waals surface area contributed by atoms with E-state index in [0.717, 1.165) is 30.5 Å². The minimum Gasteiger partial charge on any atom is -0.380 e. The normalized spacial score (nSPS) is 14.2. The molecule has 0 atom stereocenters. The van der Waals surface area contributed by atoms with Crippen molar-refractivity contribution in [3.8, 4) is 0 Å². The highest BCUT2D eigenvalue weighted by atomic mass is 19.1. The molecule has 0 radical (unpaired) electrons. The topological polar surface area (TPSA) is 54.0 Å². The van der Waals surface area contributed by atoms with Crippen molar-refractivity contribution in [3.63, 3.8) is 0 Å². The number of hydrogen-bond donors (Lipinski definition) is 2. The molecule has 3 rings (SSSR count). The molecule has 1 aromatic carbocycles. The van der Waals surface area contributed by atoms with Gasteiger partial charge in [0.2, 0.25) is 5.91 Å². The van der Waals surface area contributed by atoms with Gasteiger partial charge in [-0.2, -0.15) is 0 Å². The van der Waals surface area contributed by atoms with Gasteiger partial charge in [-0.1, -0.05) is 18.6 Å². The maximum atomic E-state index is 12.8. The van der Waals surface area contributed by atoms with Crippen LogP contribution in [-0.4, -0.2) is 10.9 Å². The number of carbonyl (C=O) groups excluding carboxylic acids is 1. The van der Waals surface area contributed by atoms with Gasteiger partial charge in [0.25, 0.3) is 0 Å². The second-order valence-corrected chi connectivity index (χ2v) is 5.53. The quantitative estimate of drug-likeness (QED) is 0.887. The molecule has 2 aromatic rings. The van der Waals surface area contributed by atoms with E-state index < -0.39 is 0 Å². The van der Waals surface area contributed by atoms with Crippen molar-refractivity contribution in [3.05, 3.63) is 54.0 Å². The molecular weight excluding hydrogens is 281 g/mol. The maximum Gasteiger partial charge on any atom is 0.228 e. The Hall–Kier alpha value is -2.43. The third kappa shape index (κ3) is 3.61. The number of nitrogens with zero attached hydrogens (tertiary/aromatic N) is 1. The summed E-state index contributed by atoms with van der Waals surface area (Å²) in [6, 6.07) is 10.0. The molecular formula is C17H18FN3O. The molecule has 2 N–H and O–H groups in total. The highest BCUT2D eigenvalue weighted by molar-refractivity contribution is 5.92. The van der Waals surface area contributed by atoms with Crippen LogP contribution in [0.15, 0.2) is 42.6 Å². The van der Waals surface area contributed by atoms with Gasteiger partial charge in [-0.15, -0.1) is 0 Å². The van der Waals surface area contributed by atoms with Gasteiger partial charge < -0.3 is 10.6 Å². The second kappa shape index (κ2) is 6.56. The number of amides is 1. The van der Waals surface area contributed by atoms with Crippen molar-refractivity contribution < 1.29 is 9.18 Å². The summed E-state index contributed by atoms with van der Waals surface area (Å²) in [6.45, 7) is 0.593. The minimum atomic E-state index is -0.239. The number of aromatic nitrogens is 1. The third-order valence-corrected chi connectivity index (χ3v) is 3.90. The first-order valence-electron chi connectivity index (χ1n) is 7.46. The third-order valence-electron chi connectivity index (χ3n) is 3.90. The van der Waals surface area contributed by atoms with E-state index in [1.54, 1.807) is 24.4 Å². The molecule has 0 bridgehead atoms. The molecule has 114 valence electrons. The molecule has 1 heterocycles. The zero-order valence-electron chi connectivity index (χ0n) is 12.2. The standard InChI is InChI=1S/C17H18FN3O/c18-14-6-4-12(5-7-14)10-19-15-8-9-16(20-11-15)21-17(22)13-2-1-3-13/h4-9,11,13,19H,1-3,10H2,(H,20,21,22). The van der Waals surface area contributed by atoms with Crippen LogP contribution < -0.4 is 10.6 Å². The van der Waals surface area contributed by atoms with Crippen molar-refractivity contribution >= 4 is 17.4 Å². The number of nitrogens with one attached hydrogen (secondary N) is 2. The largest absolute Gasteiger partial charge is 0.380 e. The van der Waals surface area contributed by atoms with Crippen molar-refractivity contribution in [2.24, 2.45) is 5.92 Å². The molecule has 1 aromatic heterocycles. The van der Waals surface area contributed by atoms with Crippen LogP contribution in [0.2, 0.25) is 0 Å². The Kier molecular flexibility index (Phi) is 4.32. The Morgan fingerprint density at radius 2 is 1.95 bits per heavy atom. The zero-order chi connectivity index (χ0) is 15.4. The first-order valence-corrected chi connectivity index (χ1v) is 7.46. The molecule has 0 unspecified atom stereocenters. The lowest BCUT2D eigenvalue weighted by Crippen LogP contribution is -2.28. The summed E-state index contributed by atoms with van der Waals surface area (Å²) >= 11 is 0. The van der Waals surface area contributed by atoms with Crippen molar-refractivity contribution in [2.75, 3.05) is 10.6 Å². The summed E-state index contributed by atoms with van der Waals surface area (Å²) in [5.41, 5.74) is 1.84. The van der Waals surface area contributed by atoms with E-state index >= 15 is 0 Å². The van der Waals surface area contributed by atoms with E-state index in [1.807, 2.05) is 6.07 Å². The van der Waals surface area contributed by atoms with Crippen molar-refractivity contribution in [1.82, 2.24) is 4.98 Å². The zero-order valence-corrected chi connectivity index (χ0v) is 12.2. The smallest absolute Gasteiger partial charge is 0.228 e. The number of benzene rings is 1. The lowest BCUT2D eigenvalue weighted by atomic mass is 9.85. The van der Waals surface area contributed by atoms with Gasteiger partial charge >= 0.3 is 0 Å². The van der Waals surface area contributed by atoms with Crippen LogP contribution in [0.3, 0.4) is 0 Å².